The zero-order valence-electron chi connectivity index (χ0n) is 10.5. The van der Waals surface area contributed by atoms with Crippen LogP contribution in [0.2, 0.25) is 0 Å². The Balaban J connectivity index is 0.00000256. The van der Waals surface area contributed by atoms with Gasteiger partial charge in [-0.15, -0.1) is 12.4 Å². The van der Waals surface area contributed by atoms with Gasteiger partial charge in [-0.3, -0.25) is 0 Å². The van der Waals surface area contributed by atoms with E-state index in [-0.39, 0.29) is 24.4 Å². The van der Waals surface area contributed by atoms with E-state index in [1.165, 1.54) is 0 Å². The molecular weight excluding hydrogens is 238 g/mol. The molecule has 0 spiro atoms. The van der Waals surface area contributed by atoms with Gasteiger partial charge in [0.05, 0.1) is 12.2 Å². The molecule has 0 aliphatic rings. The zero-order valence-corrected chi connectivity index (χ0v) is 11.3. The fourth-order valence-corrected chi connectivity index (χ4v) is 1.25. The maximum atomic E-state index is 11.6. The van der Waals surface area contributed by atoms with Gasteiger partial charge in [0.25, 0.3) is 0 Å². The molecule has 96 valence electrons. The van der Waals surface area contributed by atoms with E-state index in [2.05, 4.69) is 0 Å². The molecule has 2 N–H and O–H groups in total. The molecule has 0 radical (unpaired) electrons. The predicted molar refractivity (Wildman–Crippen MR) is 71.4 cm³/mol. The third kappa shape index (κ3) is 5.20. The number of carbonyl (C=O) groups is 1. The van der Waals surface area contributed by atoms with Gasteiger partial charge in [0, 0.05) is 6.04 Å². The van der Waals surface area contributed by atoms with Crippen molar-refractivity contribution in [2.24, 2.45) is 11.7 Å². The molecule has 0 aliphatic heterocycles. The quantitative estimate of drug-likeness (QED) is 0.844. The summed E-state index contributed by atoms with van der Waals surface area (Å²) in [4.78, 5) is 11.6. The van der Waals surface area contributed by atoms with Gasteiger partial charge in [-0.1, -0.05) is 26.0 Å². The van der Waals surface area contributed by atoms with Crippen molar-refractivity contribution >= 4 is 18.4 Å². The Kier molecular flexibility index (Phi) is 6.85. The second kappa shape index (κ2) is 7.30. The highest BCUT2D eigenvalue weighted by Crippen LogP contribution is 2.11. The largest absolute Gasteiger partial charge is 0.462 e. The summed E-state index contributed by atoms with van der Waals surface area (Å²) < 4.78 is 5.12. The number of halogens is 1. The van der Waals surface area contributed by atoms with E-state index < -0.39 is 0 Å². The highest BCUT2D eigenvalue weighted by molar-refractivity contribution is 5.89. The van der Waals surface area contributed by atoms with Crippen molar-refractivity contribution < 1.29 is 9.53 Å². The van der Waals surface area contributed by atoms with Crippen LogP contribution in [0.5, 0.6) is 0 Å². The summed E-state index contributed by atoms with van der Waals surface area (Å²) in [5, 5.41) is 0. The van der Waals surface area contributed by atoms with Crippen LogP contribution < -0.4 is 5.73 Å². The molecule has 0 saturated heterocycles. The maximum Gasteiger partial charge on any atom is 0.338 e. The van der Waals surface area contributed by atoms with E-state index in [9.17, 15) is 4.79 Å². The molecule has 4 heteroatoms. The number of benzene rings is 1. The molecular formula is C13H20ClNO2. The van der Waals surface area contributed by atoms with E-state index in [0.717, 1.165) is 5.56 Å². The SMILES string of the molecule is CC(C)COC(=O)c1ccc(C(C)N)cc1.Cl. The molecule has 1 atom stereocenters. The average Bonchev–Trinajstić information content (AvgIpc) is 2.26. The lowest BCUT2D eigenvalue weighted by atomic mass is 10.1. The van der Waals surface area contributed by atoms with Gasteiger partial charge in [-0.2, -0.15) is 0 Å². The number of rotatable bonds is 4. The highest BCUT2D eigenvalue weighted by atomic mass is 35.5. The smallest absolute Gasteiger partial charge is 0.338 e. The standard InChI is InChI=1S/C13H19NO2.ClH/c1-9(2)8-16-13(15)12-6-4-11(5-7-12)10(3)14;/h4-7,9-10H,8,14H2,1-3H3;1H. The molecule has 0 fully saturated rings. The van der Waals surface area contributed by atoms with Gasteiger partial charge in [0.2, 0.25) is 0 Å². The maximum absolute atomic E-state index is 11.6. The van der Waals surface area contributed by atoms with Crippen molar-refractivity contribution in [1.82, 2.24) is 0 Å². The Bertz CT molecular complexity index is 347. The van der Waals surface area contributed by atoms with Gasteiger partial charge in [0.15, 0.2) is 0 Å². The van der Waals surface area contributed by atoms with E-state index in [1.54, 1.807) is 12.1 Å². The summed E-state index contributed by atoms with van der Waals surface area (Å²) in [7, 11) is 0. The Morgan fingerprint density at radius 2 is 1.76 bits per heavy atom. The number of carbonyl (C=O) groups excluding carboxylic acids is 1. The summed E-state index contributed by atoms with van der Waals surface area (Å²) in [6, 6.07) is 7.21. The molecule has 0 saturated carbocycles. The van der Waals surface area contributed by atoms with Crippen LogP contribution in [-0.2, 0) is 4.74 Å². The molecule has 1 rings (SSSR count). The minimum atomic E-state index is -0.273. The molecule has 3 nitrogen and oxygen atoms in total. The second-order valence-electron chi connectivity index (χ2n) is 4.40. The number of nitrogens with two attached hydrogens (primary N) is 1. The number of esters is 1. The number of ether oxygens (including phenoxy) is 1. The van der Waals surface area contributed by atoms with Crippen LogP contribution in [0.3, 0.4) is 0 Å². The lowest BCUT2D eigenvalue weighted by Crippen LogP contribution is -2.11. The Hall–Kier alpha value is -1.06. The first-order valence-electron chi connectivity index (χ1n) is 5.53. The van der Waals surface area contributed by atoms with E-state index in [4.69, 9.17) is 10.5 Å². The summed E-state index contributed by atoms with van der Waals surface area (Å²) in [5.74, 6) is 0.0808. The number of hydrogen-bond donors (Lipinski definition) is 1. The highest BCUT2D eigenvalue weighted by Gasteiger charge is 2.08. The second-order valence-corrected chi connectivity index (χ2v) is 4.40. The lowest BCUT2D eigenvalue weighted by molar-refractivity contribution is 0.0459. The first kappa shape index (κ1) is 15.9. The third-order valence-corrected chi connectivity index (χ3v) is 2.22. The van der Waals surface area contributed by atoms with Crippen LogP contribution >= 0.6 is 12.4 Å². The van der Waals surface area contributed by atoms with Crippen LogP contribution in [0.1, 0.15) is 42.7 Å². The topological polar surface area (TPSA) is 52.3 Å². The molecule has 1 aromatic rings. The molecule has 0 aromatic heterocycles. The fourth-order valence-electron chi connectivity index (χ4n) is 1.25. The van der Waals surface area contributed by atoms with Gasteiger partial charge >= 0.3 is 5.97 Å². The van der Waals surface area contributed by atoms with Crippen LogP contribution in [0.15, 0.2) is 24.3 Å². The van der Waals surface area contributed by atoms with Gasteiger partial charge < -0.3 is 10.5 Å². The summed E-state index contributed by atoms with van der Waals surface area (Å²) in [6.45, 7) is 6.37. The molecule has 0 bridgehead atoms. The van der Waals surface area contributed by atoms with Gasteiger partial charge in [-0.05, 0) is 30.5 Å². The molecule has 1 aromatic carbocycles. The van der Waals surface area contributed by atoms with Crippen molar-refractivity contribution in [1.29, 1.82) is 0 Å². The predicted octanol–water partition coefficient (Wildman–Crippen LogP) is 2.94. The minimum Gasteiger partial charge on any atom is -0.462 e. The molecule has 1 unspecified atom stereocenters. The first-order chi connectivity index (χ1) is 7.50. The van der Waals surface area contributed by atoms with Crippen LogP contribution in [-0.4, -0.2) is 12.6 Å². The van der Waals surface area contributed by atoms with E-state index in [0.29, 0.717) is 18.1 Å². The molecule has 0 amide bonds. The van der Waals surface area contributed by atoms with E-state index >= 15 is 0 Å². The molecule has 0 aliphatic carbocycles. The van der Waals surface area contributed by atoms with E-state index in [1.807, 2.05) is 32.9 Å². The normalized spacial score (nSPS) is 11.8. The van der Waals surface area contributed by atoms with Crippen molar-refractivity contribution in [2.45, 2.75) is 26.8 Å². The van der Waals surface area contributed by atoms with Crippen LogP contribution in [0.25, 0.3) is 0 Å². The minimum absolute atomic E-state index is 0. The van der Waals surface area contributed by atoms with Crippen molar-refractivity contribution in [3.05, 3.63) is 35.4 Å². The zero-order chi connectivity index (χ0) is 12.1. The van der Waals surface area contributed by atoms with Crippen molar-refractivity contribution in [2.75, 3.05) is 6.61 Å². The monoisotopic (exact) mass is 257 g/mol. The van der Waals surface area contributed by atoms with Gasteiger partial charge in [0.1, 0.15) is 0 Å². The summed E-state index contributed by atoms with van der Waals surface area (Å²) in [6.07, 6.45) is 0. The lowest BCUT2D eigenvalue weighted by Gasteiger charge is -2.08. The summed E-state index contributed by atoms with van der Waals surface area (Å²) in [5.41, 5.74) is 7.31. The molecule has 17 heavy (non-hydrogen) atoms. The number of hydrogen-bond acceptors (Lipinski definition) is 3. The third-order valence-electron chi connectivity index (χ3n) is 2.22. The summed E-state index contributed by atoms with van der Waals surface area (Å²) >= 11 is 0. The molecule has 0 heterocycles. The van der Waals surface area contributed by atoms with Crippen LogP contribution in [0.4, 0.5) is 0 Å². The van der Waals surface area contributed by atoms with Crippen molar-refractivity contribution in [3.8, 4) is 0 Å². The van der Waals surface area contributed by atoms with Crippen molar-refractivity contribution in [3.63, 3.8) is 0 Å². The Morgan fingerprint density at radius 3 is 2.18 bits per heavy atom. The fraction of sp³-hybridized carbons (Fsp3) is 0.462. The average molecular weight is 258 g/mol. The first-order valence-corrected chi connectivity index (χ1v) is 5.53. The Labute approximate surface area is 109 Å². The van der Waals surface area contributed by atoms with Crippen LogP contribution in [0, 0.1) is 5.92 Å². The van der Waals surface area contributed by atoms with Gasteiger partial charge in [-0.25, -0.2) is 4.79 Å². The Morgan fingerprint density at radius 1 is 1.24 bits per heavy atom.